The fourth-order valence-corrected chi connectivity index (χ4v) is 4.83. The molecule has 0 aliphatic heterocycles. The number of carbonyl (C=O) groups excluding carboxylic acids is 2. The van der Waals surface area contributed by atoms with Gasteiger partial charge in [-0.25, -0.2) is 9.97 Å². The van der Waals surface area contributed by atoms with E-state index in [0.717, 1.165) is 11.3 Å². The van der Waals surface area contributed by atoms with Crippen LogP contribution in [0.4, 0.5) is 11.5 Å². The number of amides is 2. The van der Waals surface area contributed by atoms with Crippen LogP contribution in [0.3, 0.4) is 0 Å². The monoisotopic (exact) mass is 565 g/mol. The minimum atomic E-state index is -0.571. The Morgan fingerprint density at radius 1 is 1.11 bits per heavy atom. The number of halogens is 3. The molecule has 1 aromatic carbocycles. The SMILES string of the molecule is COc1cc(Cl)cc(C(=O)Nc2ccc(Cl)cn2)c1NC(=O)c1scc(Cn2cnc(CO)c2)c1Cl. The zero-order valence-electron chi connectivity index (χ0n) is 18.6. The maximum Gasteiger partial charge on any atom is 0.267 e. The van der Waals surface area contributed by atoms with Crippen LogP contribution < -0.4 is 15.4 Å². The maximum absolute atomic E-state index is 13.2. The van der Waals surface area contributed by atoms with Gasteiger partial charge in [0.15, 0.2) is 0 Å². The molecule has 13 heteroatoms. The van der Waals surface area contributed by atoms with Crippen LogP contribution in [0.2, 0.25) is 15.1 Å². The Balaban J connectivity index is 1.60. The summed E-state index contributed by atoms with van der Waals surface area (Å²) < 4.78 is 7.12. The second-order valence-corrected chi connectivity index (χ2v) is 9.53. The molecule has 0 fully saturated rings. The van der Waals surface area contributed by atoms with E-state index in [-0.39, 0.29) is 44.3 Å². The summed E-state index contributed by atoms with van der Waals surface area (Å²) in [6.07, 6.45) is 4.65. The van der Waals surface area contributed by atoms with Gasteiger partial charge in [0.2, 0.25) is 0 Å². The molecular weight excluding hydrogens is 549 g/mol. The standard InChI is InChI=1S/C23H18Cl3N5O4S/c1-35-17-5-14(25)4-16(22(33)29-18-3-2-13(24)6-27-18)20(17)30-23(34)21-19(26)12(10-36-21)7-31-8-15(9-32)28-11-31/h2-6,8,10-11,32H,7,9H2,1H3,(H,30,34)(H,27,29,33). The molecule has 4 rings (SSSR count). The molecule has 0 bridgehead atoms. The molecule has 9 nitrogen and oxygen atoms in total. The third-order valence-electron chi connectivity index (χ3n) is 4.95. The van der Waals surface area contributed by atoms with Gasteiger partial charge in [0.25, 0.3) is 11.8 Å². The van der Waals surface area contributed by atoms with Crippen molar-refractivity contribution in [3.63, 3.8) is 0 Å². The van der Waals surface area contributed by atoms with Crippen LogP contribution in [-0.2, 0) is 13.2 Å². The van der Waals surface area contributed by atoms with Gasteiger partial charge in [0.1, 0.15) is 16.4 Å². The van der Waals surface area contributed by atoms with Crippen molar-refractivity contribution in [1.82, 2.24) is 14.5 Å². The first-order chi connectivity index (χ1) is 17.3. The van der Waals surface area contributed by atoms with Crippen LogP contribution in [0.25, 0.3) is 0 Å². The number of aliphatic hydroxyl groups is 1. The number of pyridine rings is 1. The average molecular weight is 567 g/mol. The summed E-state index contributed by atoms with van der Waals surface area (Å²) in [5, 5.41) is 17.2. The highest BCUT2D eigenvalue weighted by Crippen LogP contribution is 2.35. The van der Waals surface area contributed by atoms with Gasteiger partial charge in [-0.05, 0) is 23.6 Å². The fourth-order valence-electron chi connectivity index (χ4n) is 3.27. The van der Waals surface area contributed by atoms with Gasteiger partial charge in [-0.1, -0.05) is 34.8 Å². The third-order valence-corrected chi connectivity index (χ3v) is 6.96. The molecule has 3 N–H and O–H groups in total. The molecule has 0 spiro atoms. The Morgan fingerprint density at radius 3 is 2.58 bits per heavy atom. The van der Waals surface area contributed by atoms with E-state index in [1.54, 1.807) is 28.5 Å². The van der Waals surface area contributed by atoms with Crippen LogP contribution in [0, 0.1) is 0 Å². The largest absolute Gasteiger partial charge is 0.494 e. The van der Waals surface area contributed by atoms with Crippen molar-refractivity contribution in [2.45, 2.75) is 13.2 Å². The van der Waals surface area contributed by atoms with Gasteiger partial charge in [-0.15, -0.1) is 11.3 Å². The van der Waals surface area contributed by atoms with Gasteiger partial charge in [0.05, 0.1) is 53.6 Å². The smallest absolute Gasteiger partial charge is 0.267 e. The Kier molecular flexibility index (Phi) is 8.12. The van der Waals surface area contributed by atoms with Crippen molar-refractivity contribution in [3.05, 3.63) is 85.1 Å². The molecular formula is C23H18Cl3N5O4S. The number of hydrogen-bond acceptors (Lipinski definition) is 7. The molecule has 0 unspecified atom stereocenters. The summed E-state index contributed by atoms with van der Waals surface area (Å²) in [5.41, 5.74) is 1.40. The molecule has 0 saturated carbocycles. The third kappa shape index (κ3) is 5.80. The molecule has 3 aromatic heterocycles. The van der Waals surface area contributed by atoms with E-state index in [9.17, 15) is 14.7 Å². The Labute approximate surface area is 224 Å². The van der Waals surface area contributed by atoms with Gasteiger partial charge in [-0.2, -0.15) is 0 Å². The minimum absolute atomic E-state index is 0.0623. The van der Waals surface area contributed by atoms with Gasteiger partial charge < -0.3 is 25.0 Å². The molecule has 3 heterocycles. The lowest BCUT2D eigenvalue weighted by molar-refractivity contribution is 0.102. The molecule has 0 aliphatic rings. The molecule has 0 saturated heterocycles. The molecule has 0 aliphatic carbocycles. The van der Waals surface area contributed by atoms with E-state index in [0.29, 0.717) is 22.8 Å². The van der Waals surface area contributed by atoms with Gasteiger partial charge in [-0.3, -0.25) is 9.59 Å². The van der Waals surface area contributed by atoms with Crippen molar-refractivity contribution in [3.8, 4) is 5.75 Å². The number of methoxy groups -OCH3 is 1. The van der Waals surface area contributed by atoms with Crippen molar-refractivity contribution in [2.24, 2.45) is 0 Å². The number of rotatable bonds is 8. The predicted molar refractivity (Wildman–Crippen MR) is 140 cm³/mol. The molecule has 0 radical (unpaired) electrons. The maximum atomic E-state index is 13.2. The lowest BCUT2D eigenvalue weighted by Gasteiger charge is -2.15. The Morgan fingerprint density at radius 2 is 1.92 bits per heavy atom. The second kappa shape index (κ2) is 11.3. The lowest BCUT2D eigenvalue weighted by Crippen LogP contribution is -2.19. The quantitative estimate of drug-likeness (QED) is 0.264. The summed E-state index contributed by atoms with van der Waals surface area (Å²) >= 11 is 19.7. The number of nitrogens with one attached hydrogen (secondary N) is 2. The number of carbonyl (C=O) groups is 2. The first-order valence-electron chi connectivity index (χ1n) is 10.3. The topological polar surface area (TPSA) is 118 Å². The number of benzene rings is 1. The van der Waals surface area contributed by atoms with Crippen molar-refractivity contribution < 1.29 is 19.4 Å². The number of nitrogens with zero attached hydrogens (tertiary/aromatic N) is 3. The molecule has 186 valence electrons. The van der Waals surface area contributed by atoms with E-state index >= 15 is 0 Å². The van der Waals surface area contributed by atoms with E-state index in [2.05, 4.69) is 20.6 Å². The lowest BCUT2D eigenvalue weighted by atomic mass is 10.1. The second-order valence-electron chi connectivity index (χ2n) is 7.40. The first-order valence-corrected chi connectivity index (χ1v) is 12.3. The van der Waals surface area contributed by atoms with E-state index < -0.39 is 11.8 Å². The first kappa shape index (κ1) is 25.9. The van der Waals surface area contributed by atoms with Crippen molar-refractivity contribution >= 4 is 69.5 Å². The van der Waals surface area contributed by atoms with E-state index in [4.69, 9.17) is 39.5 Å². The number of ether oxygens (including phenoxy) is 1. The van der Waals surface area contributed by atoms with Crippen LogP contribution >= 0.6 is 46.1 Å². The summed E-state index contributed by atoms with van der Waals surface area (Å²) in [6.45, 7) is 0.187. The highest BCUT2D eigenvalue weighted by molar-refractivity contribution is 7.13. The van der Waals surface area contributed by atoms with Crippen molar-refractivity contribution in [2.75, 3.05) is 17.7 Å². The van der Waals surface area contributed by atoms with E-state index in [1.165, 1.54) is 31.5 Å². The number of hydrogen-bond donors (Lipinski definition) is 3. The fraction of sp³-hybridized carbons (Fsp3) is 0.130. The van der Waals surface area contributed by atoms with Gasteiger partial charge >= 0.3 is 0 Å². The summed E-state index contributed by atoms with van der Waals surface area (Å²) in [7, 11) is 1.39. The number of aliphatic hydroxyl groups excluding tert-OH is 1. The molecule has 0 atom stereocenters. The number of aromatic nitrogens is 3. The van der Waals surface area contributed by atoms with Crippen LogP contribution in [0.15, 0.2) is 48.4 Å². The summed E-state index contributed by atoms with van der Waals surface area (Å²) in [5.74, 6) is -0.653. The number of thiophene rings is 1. The Bertz CT molecular complexity index is 1420. The molecule has 4 aromatic rings. The average Bonchev–Trinajstić information content (AvgIpc) is 3.47. The Hall–Kier alpha value is -3.15. The number of imidazole rings is 1. The summed E-state index contributed by atoms with van der Waals surface area (Å²) in [4.78, 5) is 34.6. The highest BCUT2D eigenvalue weighted by Gasteiger charge is 2.23. The van der Waals surface area contributed by atoms with Crippen molar-refractivity contribution in [1.29, 1.82) is 0 Å². The molecule has 2 amide bonds. The van der Waals surface area contributed by atoms with Crippen LogP contribution in [0.5, 0.6) is 5.75 Å². The normalized spacial score (nSPS) is 10.8. The minimum Gasteiger partial charge on any atom is -0.494 e. The zero-order chi connectivity index (χ0) is 25.8. The predicted octanol–water partition coefficient (Wildman–Crippen LogP) is 5.35. The molecule has 36 heavy (non-hydrogen) atoms. The van der Waals surface area contributed by atoms with E-state index in [1.807, 2.05) is 0 Å². The zero-order valence-corrected chi connectivity index (χ0v) is 21.7. The number of anilines is 2. The highest BCUT2D eigenvalue weighted by atomic mass is 35.5. The van der Waals surface area contributed by atoms with Gasteiger partial charge in [0, 0.05) is 29.0 Å². The van der Waals surface area contributed by atoms with Crippen LogP contribution in [0.1, 0.15) is 31.3 Å². The summed E-state index contributed by atoms with van der Waals surface area (Å²) in [6, 6.07) is 6.01. The van der Waals surface area contributed by atoms with Crippen LogP contribution in [-0.4, -0.2) is 38.6 Å².